The van der Waals surface area contributed by atoms with Crippen LogP contribution in [-0.2, 0) is 0 Å². The monoisotopic (exact) mass is 296 g/mol. The van der Waals surface area contributed by atoms with E-state index in [1.165, 1.54) is 9.75 Å². The molecule has 0 radical (unpaired) electrons. The van der Waals surface area contributed by atoms with Crippen LogP contribution in [-0.4, -0.2) is 4.98 Å². The summed E-state index contributed by atoms with van der Waals surface area (Å²) < 4.78 is 0.995. The van der Waals surface area contributed by atoms with Gasteiger partial charge in [-0.1, -0.05) is 0 Å². The number of nitrogens with one attached hydrogen (secondary N) is 1. The first-order valence-electron chi connectivity index (χ1n) is 5.10. The number of pyridine rings is 1. The molecule has 0 saturated carbocycles. The van der Waals surface area contributed by atoms with Gasteiger partial charge >= 0.3 is 0 Å². The number of hydrogen-bond acceptors (Lipinski definition) is 3. The van der Waals surface area contributed by atoms with E-state index >= 15 is 0 Å². The van der Waals surface area contributed by atoms with Crippen molar-refractivity contribution >= 4 is 33.1 Å². The average Bonchev–Trinajstić information content (AvgIpc) is 2.68. The van der Waals surface area contributed by atoms with E-state index in [0.29, 0.717) is 0 Å². The molecule has 0 aromatic carbocycles. The van der Waals surface area contributed by atoms with Crippen molar-refractivity contribution in [3.8, 4) is 0 Å². The maximum atomic E-state index is 4.30. The van der Waals surface area contributed by atoms with E-state index in [1.54, 1.807) is 6.20 Å². The first-order chi connectivity index (χ1) is 7.66. The summed E-state index contributed by atoms with van der Waals surface area (Å²) in [6.07, 6.45) is 1.79. The molecule has 0 bridgehead atoms. The van der Waals surface area contributed by atoms with Crippen LogP contribution in [0.4, 0.5) is 5.82 Å². The minimum absolute atomic E-state index is 0.282. The van der Waals surface area contributed by atoms with Crippen LogP contribution in [0.5, 0.6) is 0 Å². The molecule has 0 aliphatic rings. The summed E-state index contributed by atoms with van der Waals surface area (Å²) in [7, 11) is 0. The molecular weight excluding hydrogens is 284 g/mol. The summed E-state index contributed by atoms with van der Waals surface area (Å²) in [6, 6.07) is 8.49. The Kier molecular flexibility index (Phi) is 3.61. The quantitative estimate of drug-likeness (QED) is 0.909. The van der Waals surface area contributed by atoms with Crippen molar-refractivity contribution in [3.05, 3.63) is 44.7 Å². The van der Waals surface area contributed by atoms with Gasteiger partial charge in [-0.15, -0.1) is 11.3 Å². The van der Waals surface area contributed by atoms with Gasteiger partial charge < -0.3 is 5.32 Å². The Morgan fingerprint density at radius 2 is 2.19 bits per heavy atom. The van der Waals surface area contributed by atoms with E-state index in [0.717, 1.165) is 10.3 Å². The van der Waals surface area contributed by atoms with Gasteiger partial charge in [0.2, 0.25) is 0 Å². The molecule has 2 rings (SSSR count). The van der Waals surface area contributed by atoms with E-state index in [2.05, 4.69) is 52.2 Å². The Labute approximate surface area is 108 Å². The van der Waals surface area contributed by atoms with Gasteiger partial charge in [-0.25, -0.2) is 4.98 Å². The summed E-state index contributed by atoms with van der Waals surface area (Å²) in [6.45, 7) is 4.27. The molecule has 0 saturated heterocycles. The fourth-order valence-electron chi connectivity index (χ4n) is 1.45. The van der Waals surface area contributed by atoms with Crippen LogP contribution in [0.3, 0.4) is 0 Å². The van der Waals surface area contributed by atoms with E-state index < -0.39 is 0 Å². The lowest BCUT2D eigenvalue weighted by Crippen LogP contribution is -2.06. The molecule has 1 unspecified atom stereocenters. The molecule has 0 amide bonds. The zero-order chi connectivity index (χ0) is 11.5. The number of anilines is 1. The zero-order valence-corrected chi connectivity index (χ0v) is 11.6. The van der Waals surface area contributed by atoms with Crippen molar-refractivity contribution in [1.29, 1.82) is 0 Å². The molecule has 4 heteroatoms. The number of rotatable bonds is 3. The molecule has 2 heterocycles. The van der Waals surface area contributed by atoms with Gasteiger partial charge in [-0.05, 0) is 54.0 Å². The highest BCUT2D eigenvalue weighted by Crippen LogP contribution is 2.27. The first kappa shape index (κ1) is 11.6. The maximum absolute atomic E-state index is 4.30. The number of aryl methyl sites for hydroxylation is 1. The molecular formula is C12H13BrN2S. The van der Waals surface area contributed by atoms with Gasteiger partial charge in [0.1, 0.15) is 5.82 Å². The highest BCUT2D eigenvalue weighted by molar-refractivity contribution is 9.10. The summed E-state index contributed by atoms with van der Waals surface area (Å²) in [4.78, 5) is 6.96. The van der Waals surface area contributed by atoms with Gasteiger partial charge in [0.25, 0.3) is 0 Å². The highest BCUT2D eigenvalue weighted by Gasteiger charge is 2.09. The van der Waals surface area contributed by atoms with Gasteiger partial charge in [0, 0.05) is 16.0 Å². The lowest BCUT2D eigenvalue weighted by molar-refractivity contribution is 0.894. The average molecular weight is 297 g/mol. The van der Waals surface area contributed by atoms with Crippen LogP contribution in [0.2, 0.25) is 0 Å². The van der Waals surface area contributed by atoms with Crippen molar-refractivity contribution in [2.75, 3.05) is 5.32 Å². The summed E-state index contributed by atoms with van der Waals surface area (Å²) in [5, 5.41) is 3.39. The molecule has 0 aliphatic carbocycles. The third-order valence-electron chi connectivity index (χ3n) is 2.30. The molecule has 1 atom stereocenters. The molecule has 84 valence electrons. The third-order valence-corrected chi connectivity index (χ3v) is 4.12. The van der Waals surface area contributed by atoms with Gasteiger partial charge in [-0.3, -0.25) is 0 Å². The van der Waals surface area contributed by atoms with E-state index in [-0.39, 0.29) is 6.04 Å². The lowest BCUT2D eigenvalue weighted by Gasteiger charge is -2.13. The fraction of sp³-hybridized carbons (Fsp3) is 0.250. The maximum Gasteiger partial charge on any atom is 0.140 e. The SMILES string of the molecule is Cc1ccc(C(C)Nc2ncccc2Br)s1. The van der Waals surface area contributed by atoms with Crippen LogP contribution < -0.4 is 5.32 Å². The molecule has 0 fully saturated rings. The minimum atomic E-state index is 0.282. The van der Waals surface area contributed by atoms with Crippen LogP contribution in [0, 0.1) is 6.92 Å². The molecule has 2 aromatic rings. The van der Waals surface area contributed by atoms with Gasteiger partial charge in [-0.2, -0.15) is 0 Å². The first-order valence-corrected chi connectivity index (χ1v) is 6.71. The molecule has 0 aliphatic heterocycles. The van der Waals surface area contributed by atoms with Crippen LogP contribution in [0.1, 0.15) is 22.7 Å². The van der Waals surface area contributed by atoms with E-state index in [1.807, 2.05) is 23.5 Å². The van der Waals surface area contributed by atoms with Crippen LogP contribution in [0.25, 0.3) is 0 Å². The number of hydrogen-bond donors (Lipinski definition) is 1. The predicted octanol–water partition coefficient (Wildman–Crippen LogP) is 4.39. The zero-order valence-electron chi connectivity index (χ0n) is 9.20. The normalized spacial score (nSPS) is 12.4. The molecule has 1 N–H and O–H groups in total. The van der Waals surface area contributed by atoms with E-state index in [4.69, 9.17) is 0 Å². The third kappa shape index (κ3) is 2.62. The van der Waals surface area contributed by atoms with Crippen molar-refractivity contribution < 1.29 is 0 Å². The summed E-state index contributed by atoms with van der Waals surface area (Å²) in [5.74, 6) is 0.890. The lowest BCUT2D eigenvalue weighted by atomic mass is 10.2. The molecule has 2 aromatic heterocycles. The fourth-order valence-corrected chi connectivity index (χ4v) is 2.70. The second kappa shape index (κ2) is 4.97. The molecule has 0 spiro atoms. The van der Waals surface area contributed by atoms with E-state index in [9.17, 15) is 0 Å². The highest BCUT2D eigenvalue weighted by atomic mass is 79.9. The predicted molar refractivity (Wildman–Crippen MR) is 73.0 cm³/mol. The number of nitrogens with zero attached hydrogens (tertiary/aromatic N) is 1. The summed E-state index contributed by atoms with van der Waals surface area (Å²) in [5.41, 5.74) is 0. The number of halogens is 1. The standard InChI is InChI=1S/C12H13BrN2S/c1-8-5-6-11(16-8)9(2)15-12-10(13)4-3-7-14-12/h3-7,9H,1-2H3,(H,14,15). The van der Waals surface area contributed by atoms with Gasteiger partial charge in [0.05, 0.1) is 10.5 Å². The van der Waals surface area contributed by atoms with Crippen LogP contribution in [0.15, 0.2) is 34.9 Å². The van der Waals surface area contributed by atoms with Crippen molar-refractivity contribution in [3.63, 3.8) is 0 Å². The van der Waals surface area contributed by atoms with Crippen LogP contribution >= 0.6 is 27.3 Å². The Hall–Kier alpha value is -0.870. The topological polar surface area (TPSA) is 24.9 Å². The Balaban J connectivity index is 2.13. The Morgan fingerprint density at radius 3 is 2.81 bits per heavy atom. The van der Waals surface area contributed by atoms with Gasteiger partial charge in [0.15, 0.2) is 0 Å². The largest absolute Gasteiger partial charge is 0.362 e. The number of thiophene rings is 1. The molecule has 16 heavy (non-hydrogen) atoms. The minimum Gasteiger partial charge on any atom is -0.362 e. The second-order valence-corrected chi connectivity index (χ2v) is 5.82. The molecule has 2 nitrogen and oxygen atoms in total. The second-order valence-electron chi connectivity index (χ2n) is 3.65. The smallest absolute Gasteiger partial charge is 0.140 e. The van der Waals surface area contributed by atoms with Crippen molar-refractivity contribution in [1.82, 2.24) is 4.98 Å². The Morgan fingerprint density at radius 1 is 1.38 bits per heavy atom. The number of aromatic nitrogens is 1. The summed E-state index contributed by atoms with van der Waals surface area (Å²) >= 11 is 5.30. The van der Waals surface area contributed by atoms with Crippen molar-refractivity contribution in [2.24, 2.45) is 0 Å². The van der Waals surface area contributed by atoms with Crippen molar-refractivity contribution in [2.45, 2.75) is 19.9 Å². The Bertz CT molecular complexity index is 481.